The zero-order valence-electron chi connectivity index (χ0n) is 9.24. The molecule has 13 heavy (non-hydrogen) atoms. The van der Waals surface area contributed by atoms with Gasteiger partial charge < -0.3 is 0 Å². The van der Waals surface area contributed by atoms with E-state index in [0.29, 0.717) is 14.5 Å². The van der Waals surface area contributed by atoms with Crippen LogP contribution in [0.1, 0.15) is 47.7 Å². The summed E-state index contributed by atoms with van der Waals surface area (Å²) in [5.41, 5.74) is 3.42. The summed E-state index contributed by atoms with van der Waals surface area (Å²) in [4.78, 5) is 0. The Bertz CT molecular complexity index is 244. The molecule has 0 fully saturated rings. The topological polar surface area (TPSA) is 0 Å². The van der Waals surface area contributed by atoms with Gasteiger partial charge in [-0.3, -0.25) is 0 Å². The van der Waals surface area contributed by atoms with Crippen LogP contribution in [0.5, 0.6) is 0 Å². The summed E-state index contributed by atoms with van der Waals surface area (Å²) in [5, 5.41) is 0. The second-order valence-electron chi connectivity index (χ2n) is 3.32. The van der Waals surface area contributed by atoms with Crippen LogP contribution in [0, 0.1) is 0 Å². The van der Waals surface area contributed by atoms with Crippen molar-refractivity contribution in [1.82, 2.24) is 0 Å². The van der Waals surface area contributed by atoms with Gasteiger partial charge in [0.15, 0.2) is 0 Å². The predicted octanol–water partition coefficient (Wildman–Crippen LogP) is 2.99. The SMILES string of the molecule is CCc1[se]c(CC)c(CC)c1CC. The minimum absolute atomic E-state index is 0.709. The van der Waals surface area contributed by atoms with Crippen LogP contribution in [0.4, 0.5) is 0 Å². The Balaban J connectivity index is 3.17. The molecular weight excluding hydrogens is 223 g/mol. The van der Waals surface area contributed by atoms with Gasteiger partial charge in [0.2, 0.25) is 0 Å². The van der Waals surface area contributed by atoms with E-state index in [9.17, 15) is 0 Å². The molecule has 1 heterocycles. The molecule has 0 unspecified atom stereocenters. The van der Waals surface area contributed by atoms with Gasteiger partial charge in [-0.2, -0.15) is 0 Å². The Morgan fingerprint density at radius 3 is 1.31 bits per heavy atom. The molecule has 0 aliphatic heterocycles. The molecule has 0 atom stereocenters. The molecule has 0 aromatic carbocycles. The van der Waals surface area contributed by atoms with E-state index in [-0.39, 0.29) is 0 Å². The maximum atomic E-state index is 2.30. The molecule has 1 heteroatoms. The Kier molecular flexibility index (Phi) is 4.28. The van der Waals surface area contributed by atoms with Crippen molar-refractivity contribution in [3.8, 4) is 0 Å². The van der Waals surface area contributed by atoms with E-state index in [4.69, 9.17) is 0 Å². The van der Waals surface area contributed by atoms with Crippen molar-refractivity contribution < 1.29 is 0 Å². The Hall–Kier alpha value is -0.000519. The van der Waals surface area contributed by atoms with Crippen molar-refractivity contribution in [3.05, 3.63) is 20.0 Å². The van der Waals surface area contributed by atoms with Crippen molar-refractivity contribution in [2.24, 2.45) is 0 Å². The second-order valence-corrected chi connectivity index (χ2v) is 5.82. The molecule has 1 aromatic heterocycles. The van der Waals surface area contributed by atoms with Crippen LogP contribution in [0.3, 0.4) is 0 Å². The van der Waals surface area contributed by atoms with Gasteiger partial charge in [0.25, 0.3) is 0 Å². The summed E-state index contributed by atoms with van der Waals surface area (Å²) in [5.74, 6) is 0. The quantitative estimate of drug-likeness (QED) is 0.713. The molecule has 0 amide bonds. The van der Waals surface area contributed by atoms with Crippen LogP contribution in [-0.4, -0.2) is 14.5 Å². The van der Waals surface area contributed by atoms with Gasteiger partial charge in [0, 0.05) is 0 Å². The summed E-state index contributed by atoms with van der Waals surface area (Å²) in [6.45, 7) is 9.21. The van der Waals surface area contributed by atoms with Crippen LogP contribution in [-0.2, 0) is 25.7 Å². The van der Waals surface area contributed by atoms with E-state index in [0.717, 1.165) is 0 Å². The van der Waals surface area contributed by atoms with E-state index < -0.39 is 0 Å². The third-order valence-electron chi connectivity index (χ3n) is 2.63. The van der Waals surface area contributed by atoms with Crippen molar-refractivity contribution >= 4 is 14.5 Å². The van der Waals surface area contributed by atoms with Gasteiger partial charge in [-0.1, -0.05) is 0 Å². The van der Waals surface area contributed by atoms with Crippen LogP contribution in [0.15, 0.2) is 0 Å². The predicted molar refractivity (Wildman–Crippen MR) is 60.9 cm³/mol. The number of hydrogen-bond acceptors (Lipinski definition) is 0. The molecule has 0 saturated heterocycles. The van der Waals surface area contributed by atoms with E-state index in [1.54, 1.807) is 20.0 Å². The fraction of sp³-hybridized carbons (Fsp3) is 0.667. The summed E-state index contributed by atoms with van der Waals surface area (Å²) >= 11 is 0.709. The van der Waals surface area contributed by atoms with E-state index in [1.165, 1.54) is 25.7 Å². The third kappa shape index (κ3) is 2.08. The minimum atomic E-state index is 0.709. The molecule has 0 N–H and O–H groups in total. The first-order valence-corrected chi connectivity index (χ1v) is 7.11. The normalized spacial score (nSPS) is 10.8. The standard InChI is InChI=1S/C12H20Se/c1-5-9-10(6-2)12(8-4)13-11(9)7-3/h5-8H2,1-4H3. The van der Waals surface area contributed by atoms with Gasteiger partial charge in [-0.25, -0.2) is 0 Å². The number of hydrogen-bond donors (Lipinski definition) is 0. The summed E-state index contributed by atoms with van der Waals surface area (Å²) in [6.07, 6.45) is 5.04. The van der Waals surface area contributed by atoms with Gasteiger partial charge in [0.05, 0.1) is 0 Å². The first-order valence-electron chi connectivity index (χ1n) is 5.40. The molecule has 0 radical (unpaired) electrons. The number of aryl methyl sites for hydroxylation is 2. The first kappa shape index (κ1) is 11.1. The summed E-state index contributed by atoms with van der Waals surface area (Å²) in [7, 11) is 0. The molecular formula is C12H20Se. The van der Waals surface area contributed by atoms with Crippen LogP contribution >= 0.6 is 0 Å². The monoisotopic (exact) mass is 244 g/mol. The van der Waals surface area contributed by atoms with Gasteiger partial charge in [0.1, 0.15) is 0 Å². The Morgan fingerprint density at radius 2 is 1.08 bits per heavy atom. The van der Waals surface area contributed by atoms with Crippen molar-refractivity contribution in [2.75, 3.05) is 0 Å². The first-order chi connectivity index (χ1) is 6.28. The molecule has 1 rings (SSSR count). The molecule has 0 bridgehead atoms. The maximum absolute atomic E-state index is 2.30. The van der Waals surface area contributed by atoms with Crippen molar-refractivity contribution in [1.29, 1.82) is 0 Å². The second kappa shape index (κ2) is 5.02. The summed E-state index contributed by atoms with van der Waals surface area (Å²) in [6, 6.07) is 0. The van der Waals surface area contributed by atoms with Crippen LogP contribution in [0.25, 0.3) is 0 Å². The summed E-state index contributed by atoms with van der Waals surface area (Å²) < 4.78 is 3.53. The molecule has 0 aliphatic rings. The average molecular weight is 243 g/mol. The molecule has 0 aliphatic carbocycles. The zero-order valence-corrected chi connectivity index (χ0v) is 10.9. The zero-order chi connectivity index (χ0) is 9.84. The molecule has 0 nitrogen and oxygen atoms in total. The number of rotatable bonds is 4. The molecule has 1 aromatic rings. The fourth-order valence-corrected chi connectivity index (χ4v) is 4.87. The Morgan fingerprint density at radius 1 is 0.692 bits per heavy atom. The molecule has 0 saturated carbocycles. The van der Waals surface area contributed by atoms with E-state index in [2.05, 4.69) is 27.7 Å². The van der Waals surface area contributed by atoms with Crippen molar-refractivity contribution in [2.45, 2.75) is 53.4 Å². The van der Waals surface area contributed by atoms with Crippen molar-refractivity contribution in [3.63, 3.8) is 0 Å². The molecule has 74 valence electrons. The van der Waals surface area contributed by atoms with Gasteiger partial charge >= 0.3 is 87.9 Å². The Labute approximate surface area is 88.1 Å². The van der Waals surface area contributed by atoms with Crippen LogP contribution < -0.4 is 0 Å². The average Bonchev–Trinajstić information content (AvgIpc) is 2.54. The van der Waals surface area contributed by atoms with Gasteiger partial charge in [-0.15, -0.1) is 0 Å². The van der Waals surface area contributed by atoms with E-state index in [1.807, 2.05) is 0 Å². The van der Waals surface area contributed by atoms with E-state index >= 15 is 0 Å². The van der Waals surface area contributed by atoms with Gasteiger partial charge in [-0.05, 0) is 0 Å². The third-order valence-corrected chi connectivity index (χ3v) is 5.91. The van der Waals surface area contributed by atoms with Crippen LogP contribution in [0.2, 0.25) is 0 Å². The fourth-order valence-electron chi connectivity index (χ4n) is 2.00. The molecule has 0 spiro atoms.